The summed E-state index contributed by atoms with van der Waals surface area (Å²) in [6.07, 6.45) is 8.37. The van der Waals surface area contributed by atoms with E-state index < -0.39 is 0 Å². The molecular formula is C27H27N3O2. The van der Waals surface area contributed by atoms with Crippen LogP contribution in [-0.2, 0) is 17.6 Å². The molecule has 5 nitrogen and oxygen atoms in total. The van der Waals surface area contributed by atoms with Crippen molar-refractivity contribution in [2.75, 3.05) is 0 Å². The van der Waals surface area contributed by atoms with Gasteiger partial charge in [0.05, 0.1) is 11.4 Å². The second-order valence-corrected chi connectivity index (χ2v) is 8.61. The molecule has 5 rings (SSSR count). The van der Waals surface area contributed by atoms with Crippen LogP contribution < -0.4 is 4.74 Å². The van der Waals surface area contributed by atoms with Crippen LogP contribution in [-0.4, -0.2) is 20.3 Å². The van der Waals surface area contributed by atoms with Crippen molar-refractivity contribution in [1.29, 1.82) is 0 Å². The van der Waals surface area contributed by atoms with Gasteiger partial charge in [-0.25, -0.2) is 9.97 Å². The fourth-order valence-corrected chi connectivity index (χ4v) is 4.66. The predicted octanol–water partition coefficient (Wildman–Crippen LogP) is 5.65. The fraction of sp³-hybridized carbons (Fsp3) is 0.296. The minimum atomic E-state index is -0.331. The Morgan fingerprint density at radius 3 is 2.34 bits per heavy atom. The fourth-order valence-electron chi connectivity index (χ4n) is 4.66. The van der Waals surface area contributed by atoms with Crippen LogP contribution >= 0.6 is 0 Å². The van der Waals surface area contributed by atoms with Crippen molar-refractivity contribution in [2.45, 2.75) is 45.4 Å². The average Bonchev–Trinajstić information content (AvgIpc) is 3.44. The van der Waals surface area contributed by atoms with Crippen LogP contribution in [0.2, 0.25) is 0 Å². The molecule has 4 aromatic rings. The van der Waals surface area contributed by atoms with E-state index >= 15 is 0 Å². The topological polar surface area (TPSA) is 56.5 Å². The van der Waals surface area contributed by atoms with Gasteiger partial charge in [-0.2, -0.15) is 0 Å². The van der Waals surface area contributed by atoms with Gasteiger partial charge in [0.15, 0.2) is 5.65 Å². The SMILES string of the molecule is CC(=O)Oc1c(CC2CCCC2)nc2c(Cc3ccccc3)nc(-c3ccccc3)cn12. The maximum Gasteiger partial charge on any atom is 0.309 e. The minimum Gasteiger partial charge on any atom is -0.407 e. The van der Waals surface area contributed by atoms with Gasteiger partial charge in [0.2, 0.25) is 5.88 Å². The van der Waals surface area contributed by atoms with Crippen molar-refractivity contribution in [1.82, 2.24) is 14.4 Å². The molecule has 0 atom stereocenters. The summed E-state index contributed by atoms with van der Waals surface area (Å²) >= 11 is 0. The van der Waals surface area contributed by atoms with Gasteiger partial charge in [-0.3, -0.25) is 9.20 Å². The molecule has 1 aliphatic carbocycles. The van der Waals surface area contributed by atoms with Gasteiger partial charge in [-0.05, 0) is 17.9 Å². The molecule has 0 unspecified atom stereocenters. The van der Waals surface area contributed by atoms with Gasteiger partial charge in [0.25, 0.3) is 0 Å². The van der Waals surface area contributed by atoms with E-state index in [0.717, 1.165) is 34.7 Å². The number of ether oxygens (including phenoxy) is 1. The Kier molecular flexibility index (Phi) is 5.71. The molecule has 1 fully saturated rings. The zero-order chi connectivity index (χ0) is 21.9. The number of hydrogen-bond donors (Lipinski definition) is 0. The number of nitrogens with zero attached hydrogens (tertiary/aromatic N) is 3. The smallest absolute Gasteiger partial charge is 0.309 e. The number of carbonyl (C=O) groups is 1. The molecule has 0 aliphatic heterocycles. The summed E-state index contributed by atoms with van der Waals surface area (Å²) in [5, 5.41) is 0. The quantitative estimate of drug-likeness (QED) is 0.375. The molecule has 0 spiro atoms. The van der Waals surface area contributed by atoms with Crippen molar-refractivity contribution >= 4 is 11.6 Å². The molecule has 1 aliphatic rings. The highest BCUT2D eigenvalue weighted by Gasteiger charge is 2.24. The first-order chi connectivity index (χ1) is 15.7. The summed E-state index contributed by atoms with van der Waals surface area (Å²) in [7, 11) is 0. The predicted molar refractivity (Wildman–Crippen MR) is 125 cm³/mol. The number of rotatable bonds is 6. The van der Waals surface area contributed by atoms with Crippen LogP contribution in [0.25, 0.3) is 16.9 Å². The van der Waals surface area contributed by atoms with Gasteiger partial charge < -0.3 is 4.74 Å². The standard InChI is InChI=1S/C27H27N3O2/c1-19(31)32-27-24(17-21-12-8-9-13-21)29-26-23(16-20-10-4-2-5-11-20)28-25(18-30(26)27)22-14-6-3-7-15-22/h2-7,10-11,14-15,18,21H,8-9,12-13,16-17H2,1H3. The molecule has 5 heteroatoms. The molecule has 2 aromatic heterocycles. The van der Waals surface area contributed by atoms with Gasteiger partial charge in [0.1, 0.15) is 5.69 Å². The highest BCUT2D eigenvalue weighted by Crippen LogP contribution is 2.33. The summed E-state index contributed by atoms with van der Waals surface area (Å²) in [5.41, 5.74) is 5.52. The van der Waals surface area contributed by atoms with Crippen LogP contribution in [0.1, 0.15) is 49.6 Å². The highest BCUT2D eigenvalue weighted by atomic mass is 16.5. The molecule has 2 aromatic carbocycles. The summed E-state index contributed by atoms with van der Waals surface area (Å²) < 4.78 is 7.67. The molecule has 162 valence electrons. The second kappa shape index (κ2) is 8.95. The number of fused-ring (bicyclic) bond motifs is 1. The van der Waals surface area contributed by atoms with Crippen molar-refractivity contribution in [2.24, 2.45) is 5.92 Å². The van der Waals surface area contributed by atoms with E-state index in [9.17, 15) is 4.79 Å². The summed E-state index contributed by atoms with van der Waals surface area (Å²) in [4.78, 5) is 22.0. The zero-order valence-corrected chi connectivity index (χ0v) is 18.3. The van der Waals surface area contributed by atoms with Crippen molar-refractivity contribution in [3.63, 3.8) is 0 Å². The van der Waals surface area contributed by atoms with E-state index in [4.69, 9.17) is 14.7 Å². The molecule has 0 saturated heterocycles. The number of hydrogen-bond acceptors (Lipinski definition) is 4. The largest absolute Gasteiger partial charge is 0.407 e. The lowest BCUT2D eigenvalue weighted by atomic mass is 10.0. The molecular weight excluding hydrogens is 398 g/mol. The Morgan fingerprint density at radius 1 is 0.969 bits per heavy atom. The molecule has 0 N–H and O–H groups in total. The summed E-state index contributed by atoms with van der Waals surface area (Å²) in [6, 6.07) is 20.4. The van der Waals surface area contributed by atoms with Gasteiger partial charge in [-0.15, -0.1) is 0 Å². The van der Waals surface area contributed by atoms with Gasteiger partial charge in [-0.1, -0.05) is 86.3 Å². The van der Waals surface area contributed by atoms with E-state index in [1.54, 1.807) is 0 Å². The first kappa shape index (κ1) is 20.4. The number of carbonyl (C=O) groups excluding carboxylic acids is 1. The van der Waals surface area contributed by atoms with Crippen LogP contribution in [0.5, 0.6) is 5.88 Å². The van der Waals surface area contributed by atoms with Crippen LogP contribution in [0.4, 0.5) is 0 Å². The Labute approximate surface area is 188 Å². The minimum absolute atomic E-state index is 0.331. The van der Waals surface area contributed by atoms with Crippen molar-refractivity contribution in [3.05, 3.63) is 83.8 Å². The van der Waals surface area contributed by atoms with E-state index in [2.05, 4.69) is 12.1 Å². The Balaban J connectivity index is 1.68. The monoisotopic (exact) mass is 425 g/mol. The second-order valence-electron chi connectivity index (χ2n) is 8.61. The molecule has 0 bridgehead atoms. The van der Waals surface area contributed by atoms with Crippen molar-refractivity contribution < 1.29 is 9.53 Å². The molecule has 0 radical (unpaired) electrons. The number of aromatic nitrogens is 3. The van der Waals surface area contributed by atoms with Crippen LogP contribution in [0.3, 0.4) is 0 Å². The Bertz CT molecular complexity index is 1230. The third-order valence-electron chi connectivity index (χ3n) is 6.18. The van der Waals surface area contributed by atoms with Crippen LogP contribution in [0.15, 0.2) is 66.9 Å². The lowest BCUT2D eigenvalue weighted by Gasteiger charge is -2.10. The summed E-state index contributed by atoms with van der Waals surface area (Å²) in [5.74, 6) is 0.795. The average molecular weight is 426 g/mol. The van der Waals surface area contributed by atoms with Gasteiger partial charge in [0, 0.05) is 25.1 Å². The summed E-state index contributed by atoms with van der Waals surface area (Å²) in [6.45, 7) is 1.45. The molecule has 32 heavy (non-hydrogen) atoms. The lowest BCUT2D eigenvalue weighted by Crippen LogP contribution is -2.08. The molecule has 2 heterocycles. The first-order valence-corrected chi connectivity index (χ1v) is 11.4. The van der Waals surface area contributed by atoms with Gasteiger partial charge >= 0.3 is 5.97 Å². The first-order valence-electron chi connectivity index (χ1n) is 11.4. The van der Waals surface area contributed by atoms with Crippen molar-refractivity contribution in [3.8, 4) is 17.1 Å². The van der Waals surface area contributed by atoms with E-state index in [0.29, 0.717) is 18.2 Å². The molecule has 1 saturated carbocycles. The highest BCUT2D eigenvalue weighted by molar-refractivity contribution is 5.70. The molecule has 0 amide bonds. The third-order valence-corrected chi connectivity index (χ3v) is 6.18. The Hall–Kier alpha value is -3.47. The Morgan fingerprint density at radius 2 is 1.66 bits per heavy atom. The zero-order valence-electron chi connectivity index (χ0n) is 18.3. The van der Waals surface area contributed by atoms with Crippen LogP contribution in [0, 0.1) is 5.92 Å². The number of benzene rings is 2. The number of esters is 1. The normalized spacial score (nSPS) is 14.2. The van der Waals surface area contributed by atoms with E-state index in [-0.39, 0.29) is 5.97 Å². The number of imidazole rings is 1. The third kappa shape index (κ3) is 4.28. The van der Waals surface area contributed by atoms with E-state index in [1.165, 1.54) is 38.2 Å². The lowest BCUT2D eigenvalue weighted by molar-refractivity contribution is -0.132. The van der Waals surface area contributed by atoms with E-state index in [1.807, 2.05) is 59.1 Å². The maximum atomic E-state index is 12.0. The maximum absolute atomic E-state index is 12.0.